The zero-order chi connectivity index (χ0) is 24.8. The van der Waals surface area contributed by atoms with E-state index >= 15 is 0 Å². The molecule has 0 spiro atoms. The summed E-state index contributed by atoms with van der Waals surface area (Å²) in [5, 5.41) is 12.2. The summed E-state index contributed by atoms with van der Waals surface area (Å²) in [6.07, 6.45) is 2.31. The number of ether oxygens (including phenoxy) is 2. The summed E-state index contributed by atoms with van der Waals surface area (Å²) < 4.78 is 13.1. The zero-order valence-corrected chi connectivity index (χ0v) is 21.5. The van der Waals surface area contributed by atoms with Gasteiger partial charge < -0.3 is 25.6 Å². The van der Waals surface area contributed by atoms with Gasteiger partial charge in [-0.1, -0.05) is 60.1 Å². The predicted octanol–water partition coefficient (Wildman–Crippen LogP) is 5.07. The summed E-state index contributed by atoms with van der Waals surface area (Å²) in [4.78, 5) is 12.0. The molecule has 0 aromatic heterocycles. The van der Waals surface area contributed by atoms with E-state index in [2.05, 4.69) is 39.4 Å². The number of benzene rings is 3. The summed E-state index contributed by atoms with van der Waals surface area (Å²) in [6, 6.07) is 18.7. The van der Waals surface area contributed by atoms with Gasteiger partial charge in [-0.15, -0.1) is 0 Å². The molecule has 4 rings (SSSR count). The van der Waals surface area contributed by atoms with Crippen LogP contribution >= 0.6 is 27.5 Å². The Morgan fingerprint density at radius 2 is 1.86 bits per heavy atom. The van der Waals surface area contributed by atoms with Gasteiger partial charge in [0, 0.05) is 28.2 Å². The first-order valence-corrected chi connectivity index (χ1v) is 12.7. The minimum atomic E-state index is -0.978. The number of amides is 1. The van der Waals surface area contributed by atoms with Gasteiger partial charge in [-0.3, -0.25) is 4.79 Å². The van der Waals surface area contributed by atoms with Crippen molar-refractivity contribution in [3.8, 4) is 22.6 Å². The number of carbonyl (C=O) groups is 1. The lowest BCUT2D eigenvalue weighted by molar-refractivity contribution is -0.123. The summed E-state index contributed by atoms with van der Waals surface area (Å²) in [5.41, 5.74) is 9.49. The van der Waals surface area contributed by atoms with E-state index < -0.39 is 18.6 Å². The highest BCUT2D eigenvalue weighted by Gasteiger charge is 2.23. The Morgan fingerprint density at radius 3 is 2.57 bits per heavy atom. The number of aliphatic hydroxyl groups is 1. The normalized spacial score (nSPS) is 13.8. The van der Waals surface area contributed by atoms with Gasteiger partial charge in [-0.2, -0.15) is 0 Å². The van der Waals surface area contributed by atoms with Crippen LogP contribution < -0.4 is 20.5 Å². The van der Waals surface area contributed by atoms with E-state index in [4.69, 9.17) is 31.9 Å². The number of aliphatic hydroxyl groups excluding tert-OH is 1. The fourth-order valence-electron chi connectivity index (χ4n) is 3.53. The monoisotopic (exact) mass is 558 g/mol. The van der Waals surface area contributed by atoms with Crippen LogP contribution in [0.5, 0.6) is 11.5 Å². The fourth-order valence-corrected chi connectivity index (χ4v) is 4.38. The highest BCUT2D eigenvalue weighted by atomic mass is 79.9. The molecule has 8 heteroatoms. The van der Waals surface area contributed by atoms with Crippen molar-refractivity contribution in [1.82, 2.24) is 5.32 Å². The Hall–Kier alpha value is -2.58. The first-order valence-electron chi connectivity index (χ1n) is 11.5. The molecule has 1 aliphatic carbocycles. The maximum atomic E-state index is 12.0. The van der Waals surface area contributed by atoms with Gasteiger partial charge in [0.1, 0.15) is 24.1 Å². The Bertz CT molecular complexity index is 1170. The molecule has 1 atom stereocenters. The van der Waals surface area contributed by atoms with Crippen molar-refractivity contribution in [3.63, 3.8) is 0 Å². The second-order valence-electron chi connectivity index (χ2n) is 8.58. The van der Waals surface area contributed by atoms with Gasteiger partial charge in [0.15, 0.2) is 0 Å². The van der Waals surface area contributed by atoms with Crippen LogP contribution in [0.25, 0.3) is 11.1 Å². The van der Waals surface area contributed by atoms with Gasteiger partial charge in [-0.05, 0) is 51.9 Å². The number of rotatable bonds is 11. The van der Waals surface area contributed by atoms with Crippen LogP contribution in [0, 0.1) is 5.92 Å². The summed E-state index contributed by atoms with van der Waals surface area (Å²) in [7, 11) is 0. The molecule has 1 amide bonds. The molecular weight excluding hydrogens is 532 g/mol. The van der Waals surface area contributed by atoms with E-state index in [1.165, 1.54) is 0 Å². The van der Waals surface area contributed by atoms with Gasteiger partial charge in [-0.25, -0.2) is 0 Å². The van der Waals surface area contributed by atoms with Crippen molar-refractivity contribution in [1.29, 1.82) is 0 Å². The second-order valence-corrected chi connectivity index (χ2v) is 9.79. The van der Waals surface area contributed by atoms with E-state index in [-0.39, 0.29) is 6.54 Å². The Morgan fingerprint density at radius 1 is 1.09 bits per heavy atom. The van der Waals surface area contributed by atoms with Crippen molar-refractivity contribution in [2.45, 2.75) is 32.0 Å². The maximum Gasteiger partial charge on any atom is 0.239 e. The Labute approximate surface area is 218 Å². The summed E-state index contributed by atoms with van der Waals surface area (Å²) in [6.45, 7) is 0.663. The molecule has 1 aliphatic rings. The molecule has 6 nitrogen and oxygen atoms in total. The molecule has 35 heavy (non-hydrogen) atoms. The molecule has 0 bridgehead atoms. The molecule has 0 saturated heterocycles. The third-order valence-electron chi connectivity index (χ3n) is 5.82. The highest BCUT2D eigenvalue weighted by molar-refractivity contribution is 9.10. The van der Waals surface area contributed by atoms with Crippen LogP contribution in [0.1, 0.15) is 24.0 Å². The average Bonchev–Trinajstić information content (AvgIpc) is 3.71. The number of nitrogens with one attached hydrogen (secondary N) is 1. The first-order chi connectivity index (χ1) is 17.0. The van der Waals surface area contributed by atoms with E-state index in [0.29, 0.717) is 41.2 Å². The van der Waals surface area contributed by atoms with E-state index in [1.807, 2.05) is 30.3 Å². The van der Waals surface area contributed by atoms with Crippen molar-refractivity contribution in [2.75, 3.05) is 13.2 Å². The molecule has 4 N–H and O–H groups in total. The lowest BCUT2D eigenvalue weighted by atomic mass is 10.0. The third kappa shape index (κ3) is 6.76. The van der Waals surface area contributed by atoms with E-state index in [1.54, 1.807) is 12.1 Å². The first kappa shape index (κ1) is 25.5. The van der Waals surface area contributed by atoms with Crippen molar-refractivity contribution < 1.29 is 19.4 Å². The lowest BCUT2D eigenvalue weighted by Crippen LogP contribution is -2.42. The highest BCUT2D eigenvalue weighted by Crippen LogP contribution is 2.37. The smallest absolute Gasteiger partial charge is 0.239 e. The molecule has 0 radical (unpaired) electrons. The molecule has 3 aromatic rings. The van der Waals surface area contributed by atoms with Crippen LogP contribution in [0.3, 0.4) is 0 Å². The molecular formula is C27H28BrClN2O4. The quantitative estimate of drug-likeness (QED) is 0.305. The molecule has 0 aliphatic heterocycles. The third-order valence-corrected chi connectivity index (χ3v) is 7.05. The number of carbonyl (C=O) groups excluding carboxylic acids is 1. The second kappa shape index (κ2) is 11.9. The maximum absolute atomic E-state index is 12.0. The Kier molecular flexibility index (Phi) is 8.68. The standard InChI is InChI=1S/C27H28BrClN2O4/c28-26-19(7-4-8-21(26)18-5-2-1-3-6-18)16-35-25-12-24(34-15-17-9-10-17)20(11-22(25)29)13-31-27(33)23(30)14-32/h1-8,11-12,17,23,32H,9-10,13-16,30H2,(H,31,33)/t23-/m0/s1. The zero-order valence-electron chi connectivity index (χ0n) is 19.2. The number of hydrogen-bond acceptors (Lipinski definition) is 5. The molecule has 3 aromatic carbocycles. The topological polar surface area (TPSA) is 93.8 Å². The summed E-state index contributed by atoms with van der Waals surface area (Å²) >= 11 is 10.3. The SMILES string of the molecule is N[C@@H](CO)C(=O)NCc1cc(Cl)c(OCc2cccc(-c3ccccc3)c2Br)cc1OCC1CC1. The van der Waals surface area contributed by atoms with Crippen LogP contribution in [0.2, 0.25) is 5.02 Å². The fraction of sp³-hybridized carbons (Fsp3) is 0.296. The molecule has 0 heterocycles. The van der Waals surface area contributed by atoms with Crippen LogP contribution in [0.4, 0.5) is 0 Å². The largest absolute Gasteiger partial charge is 0.493 e. The molecule has 0 unspecified atom stereocenters. The Balaban J connectivity index is 1.51. The van der Waals surface area contributed by atoms with Gasteiger partial charge in [0.2, 0.25) is 5.91 Å². The molecule has 184 valence electrons. The molecule has 1 saturated carbocycles. The van der Waals surface area contributed by atoms with Crippen LogP contribution in [-0.4, -0.2) is 30.3 Å². The van der Waals surface area contributed by atoms with Crippen molar-refractivity contribution in [3.05, 3.63) is 81.3 Å². The van der Waals surface area contributed by atoms with E-state index in [0.717, 1.165) is 34.0 Å². The average molecular weight is 560 g/mol. The number of hydrogen-bond donors (Lipinski definition) is 3. The molecule has 1 fully saturated rings. The van der Waals surface area contributed by atoms with Crippen molar-refractivity contribution >= 4 is 33.4 Å². The number of halogens is 2. The number of nitrogens with two attached hydrogens (primary N) is 1. The van der Waals surface area contributed by atoms with Gasteiger partial charge in [0.25, 0.3) is 0 Å². The van der Waals surface area contributed by atoms with Crippen LogP contribution in [0.15, 0.2) is 65.1 Å². The van der Waals surface area contributed by atoms with Crippen LogP contribution in [-0.2, 0) is 17.9 Å². The van der Waals surface area contributed by atoms with E-state index in [9.17, 15) is 4.79 Å². The van der Waals surface area contributed by atoms with Crippen molar-refractivity contribution in [2.24, 2.45) is 11.7 Å². The van der Waals surface area contributed by atoms with Gasteiger partial charge in [0.05, 0.1) is 18.2 Å². The van der Waals surface area contributed by atoms with Gasteiger partial charge >= 0.3 is 0 Å². The lowest BCUT2D eigenvalue weighted by Gasteiger charge is -2.17. The minimum Gasteiger partial charge on any atom is -0.493 e. The predicted molar refractivity (Wildman–Crippen MR) is 140 cm³/mol. The summed E-state index contributed by atoms with van der Waals surface area (Å²) in [5.74, 6) is 1.21. The minimum absolute atomic E-state index is 0.178.